The van der Waals surface area contributed by atoms with Crippen LogP contribution in [0.3, 0.4) is 0 Å². The molecule has 156 valence electrons. The highest BCUT2D eigenvalue weighted by Gasteiger charge is 2.35. The highest BCUT2D eigenvalue weighted by molar-refractivity contribution is 7.99. The second-order valence-corrected chi connectivity index (χ2v) is 8.50. The fraction of sp³-hybridized carbons (Fsp3) is 0.304. The summed E-state index contributed by atoms with van der Waals surface area (Å²) in [6.07, 6.45) is 1.21. The molecular weight excluding hydrogens is 407 g/mol. The summed E-state index contributed by atoms with van der Waals surface area (Å²) in [7, 11) is 1.79. The van der Waals surface area contributed by atoms with Crippen molar-refractivity contribution in [2.45, 2.75) is 47.7 Å². The summed E-state index contributed by atoms with van der Waals surface area (Å²) in [6, 6.07) is 17.1. The van der Waals surface area contributed by atoms with Crippen LogP contribution < -0.4 is 4.90 Å². The molecule has 0 spiro atoms. The third kappa shape index (κ3) is 4.61. The average molecular weight is 430 g/mol. The first-order valence-corrected chi connectivity index (χ1v) is 10.7. The van der Waals surface area contributed by atoms with Gasteiger partial charge in [-0.15, -0.1) is 0 Å². The van der Waals surface area contributed by atoms with Crippen molar-refractivity contribution in [2.75, 3.05) is 11.9 Å². The lowest BCUT2D eigenvalue weighted by Gasteiger charge is -2.21. The van der Waals surface area contributed by atoms with Gasteiger partial charge in [-0.25, -0.2) is 9.97 Å². The number of rotatable bonds is 5. The summed E-state index contributed by atoms with van der Waals surface area (Å²) >= 11 is 0.994. The zero-order valence-electron chi connectivity index (χ0n) is 16.6. The summed E-state index contributed by atoms with van der Waals surface area (Å²) in [5.41, 5.74) is 1.31. The Labute approximate surface area is 178 Å². The molecule has 30 heavy (non-hydrogen) atoms. The zero-order chi connectivity index (χ0) is 21.1. The van der Waals surface area contributed by atoms with E-state index in [0.29, 0.717) is 10.8 Å². The zero-order valence-corrected chi connectivity index (χ0v) is 17.4. The van der Waals surface area contributed by atoms with Crippen LogP contribution in [0, 0.1) is 0 Å². The molecule has 0 N–H and O–H groups in total. The van der Waals surface area contributed by atoms with Gasteiger partial charge in [0.15, 0.2) is 0 Å². The van der Waals surface area contributed by atoms with Crippen molar-refractivity contribution in [1.29, 1.82) is 0 Å². The molecule has 2 aromatic carbocycles. The molecule has 0 bridgehead atoms. The van der Waals surface area contributed by atoms with Gasteiger partial charge in [-0.05, 0) is 48.6 Å². The smallest absolute Gasteiger partial charge is 0.314 e. The Morgan fingerprint density at radius 3 is 2.43 bits per heavy atom. The van der Waals surface area contributed by atoms with E-state index in [2.05, 4.69) is 22.1 Å². The molecule has 1 aromatic heterocycles. The van der Waals surface area contributed by atoms with Crippen LogP contribution in [0.15, 0.2) is 70.7 Å². The number of aromatic nitrogens is 2. The van der Waals surface area contributed by atoms with Gasteiger partial charge in [0.1, 0.15) is 10.6 Å². The van der Waals surface area contributed by atoms with E-state index >= 15 is 0 Å². The molecule has 0 saturated heterocycles. The van der Waals surface area contributed by atoms with Crippen LogP contribution in [-0.2, 0) is 6.18 Å². The normalized spacial score (nSPS) is 14.8. The molecule has 1 aliphatic rings. The molecule has 4 rings (SSSR count). The molecule has 0 radical (unpaired) electrons. The first kappa shape index (κ1) is 20.7. The van der Waals surface area contributed by atoms with Crippen LogP contribution in [0.2, 0.25) is 0 Å². The molecule has 0 atom stereocenters. The fourth-order valence-corrected chi connectivity index (χ4v) is 4.68. The van der Waals surface area contributed by atoms with Gasteiger partial charge >= 0.3 is 6.18 Å². The largest absolute Gasteiger partial charge is 0.420 e. The van der Waals surface area contributed by atoms with Crippen molar-refractivity contribution in [3.63, 3.8) is 0 Å². The van der Waals surface area contributed by atoms with E-state index in [4.69, 9.17) is 0 Å². The van der Waals surface area contributed by atoms with E-state index in [1.54, 1.807) is 36.2 Å². The lowest BCUT2D eigenvalue weighted by Crippen LogP contribution is -2.16. The van der Waals surface area contributed by atoms with E-state index in [1.807, 2.05) is 18.2 Å². The fourth-order valence-electron chi connectivity index (χ4n) is 3.75. The standard InChI is InChI=1S/C23H22F3N3S/c1-29(18-11-7-10-17(14-18)16-8-5-6-9-16)22-27-15-20(23(24,25)26)21(28-22)30-19-12-3-2-4-13-19/h2-4,7,10-16H,5-6,8-9H2,1H3. The van der Waals surface area contributed by atoms with Crippen LogP contribution in [0.25, 0.3) is 0 Å². The number of alkyl halides is 3. The van der Waals surface area contributed by atoms with E-state index in [0.717, 1.165) is 23.6 Å². The lowest BCUT2D eigenvalue weighted by atomic mass is 9.97. The highest BCUT2D eigenvalue weighted by atomic mass is 32.2. The number of halogens is 3. The predicted molar refractivity (Wildman–Crippen MR) is 113 cm³/mol. The molecule has 1 heterocycles. The van der Waals surface area contributed by atoms with Crippen LogP contribution in [-0.4, -0.2) is 17.0 Å². The quantitative estimate of drug-likeness (QED) is 0.406. The molecule has 0 amide bonds. The molecule has 3 aromatic rings. The second-order valence-electron chi connectivity index (χ2n) is 7.44. The van der Waals surface area contributed by atoms with Crippen LogP contribution in [0.4, 0.5) is 24.8 Å². The topological polar surface area (TPSA) is 29.0 Å². The van der Waals surface area contributed by atoms with E-state index in [9.17, 15) is 13.2 Å². The molecular formula is C23H22F3N3S. The Morgan fingerprint density at radius 1 is 1.00 bits per heavy atom. The van der Waals surface area contributed by atoms with Gasteiger partial charge in [0.25, 0.3) is 0 Å². The number of anilines is 2. The van der Waals surface area contributed by atoms with Crippen molar-refractivity contribution < 1.29 is 13.2 Å². The van der Waals surface area contributed by atoms with Gasteiger partial charge in [-0.1, -0.05) is 54.9 Å². The number of hydrogen-bond acceptors (Lipinski definition) is 4. The first-order chi connectivity index (χ1) is 14.4. The van der Waals surface area contributed by atoms with Gasteiger partial charge in [0, 0.05) is 23.8 Å². The van der Waals surface area contributed by atoms with Gasteiger partial charge in [-0.2, -0.15) is 13.2 Å². The maximum absolute atomic E-state index is 13.5. The SMILES string of the molecule is CN(c1cccc(C2CCCC2)c1)c1ncc(C(F)(F)F)c(Sc2ccccc2)n1. The van der Waals surface area contributed by atoms with Crippen molar-refractivity contribution in [2.24, 2.45) is 0 Å². The Morgan fingerprint density at radius 2 is 1.73 bits per heavy atom. The molecule has 1 aliphatic carbocycles. The minimum Gasteiger partial charge on any atom is -0.314 e. The molecule has 3 nitrogen and oxygen atoms in total. The predicted octanol–water partition coefficient (Wildman–Crippen LogP) is 7.07. The maximum atomic E-state index is 13.5. The summed E-state index contributed by atoms with van der Waals surface area (Å²) < 4.78 is 40.6. The first-order valence-electron chi connectivity index (χ1n) is 9.92. The molecule has 1 saturated carbocycles. The molecule has 1 fully saturated rings. The van der Waals surface area contributed by atoms with Gasteiger partial charge in [0.2, 0.25) is 5.95 Å². The second kappa shape index (κ2) is 8.68. The van der Waals surface area contributed by atoms with Crippen LogP contribution in [0.1, 0.15) is 42.7 Å². The lowest BCUT2D eigenvalue weighted by molar-refractivity contribution is -0.140. The molecule has 7 heteroatoms. The number of benzene rings is 2. The molecule has 0 aliphatic heterocycles. The summed E-state index contributed by atoms with van der Waals surface area (Å²) in [4.78, 5) is 10.8. The monoisotopic (exact) mass is 429 g/mol. The van der Waals surface area contributed by atoms with Crippen molar-refractivity contribution in [3.8, 4) is 0 Å². The maximum Gasteiger partial charge on any atom is 0.420 e. The Kier molecular flexibility index (Phi) is 5.99. The summed E-state index contributed by atoms with van der Waals surface area (Å²) in [5.74, 6) is 0.793. The van der Waals surface area contributed by atoms with E-state index in [1.165, 1.54) is 31.2 Å². The van der Waals surface area contributed by atoms with Gasteiger partial charge in [0.05, 0.1) is 0 Å². The Hall–Kier alpha value is -2.54. The van der Waals surface area contributed by atoms with E-state index < -0.39 is 11.7 Å². The summed E-state index contributed by atoms with van der Waals surface area (Å²) in [6.45, 7) is 0. The van der Waals surface area contributed by atoms with Gasteiger partial charge in [-0.3, -0.25) is 0 Å². The van der Waals surface area contributed by atoms with Crippen LogP contribution >= 0.6 is 11.8 Å². The Bertz CT molecular complexity index is 1000. The third-order valence-corrected chi connectivity index (χ3v) is 6.40. The van der Waals surface area contributed by atoms with Gasteiger partial charge < -0.3 is 4.90 Å². The third-order valence-electron chi connectivity index (χ3n) is 5.39. The van der Waals surface area contributed by atoms with Crippen LogP contribution in [0.5, 0.6) is 0 Å². The minimum atomic E-state index is -4.52. The van der Waals surface area contributed by atoms with Crippen molar-refractivity contribution in [3.05, 3.63) is 71.9 Å². The van der Waals surface area contributed by atoms with Crippen molar-refractivity contribution in [1.82, 2.24) is 9.97 Å². The number of hydrogen-bond donors (Lipinski definition) is 0. The highest BCUT2D eigenvalue weighted by Crippen LogP contribution is 2.40. The molecule has 0 unspecified atom stereocenters. The van der Waals surface area contributed by atoms with E-state index in [-0.39, 0.29) is 11.0 Å². The minimum absolute atomic E-state index is 0.0995. The van der Waals surface area contributed by atoms with Crippen molar-refractivity contribution >= 4 is 23.4 Å². The average Bonchev–Trinajstić information content (AvgIpc) is 3.28. The Balaban J connectivity index is 1.67. The summed E-state index contributed by atoms with van der Waals surface area (Å²) in [5, 5.41) is -0.0995. The number of nitrogens with zero attached hydrogens (tertiary/aromatic N) is 3.